The molecule has 0 spiro atoms. The van der Waals surface area contributed by atoms with Gasteiger partial charge >= 0.3 is 0 Å². The summed E-state index contributed by atoms with van der Waals surface area (Å²) < 4.78 is 7.03. The minimum atomic E-state index is 0.468. The summed E-state index contributed by atoms with van der Waals surface area (Å²) in [6.45, 7) is 5.43. The fourth-order valence-corrected chi connectivity index (χ4v) is 3.83. The Balaban J connectivity index is 1.88. The molecule has 1 aromatic carbocycles. The average molecular weight is 310 g/mol. The highest BCUT2D eigenvalue weighted by atomic mass is 79.9. The molecule has 1 saturated heterocycles. The van der Waals surface area contributed by atoms with Crippen LogP contribution in [0.5, 0.6) is 5.75 Å². The minimum absolute atomic E-state index is 0.468. The van der Waals surface area contributed by atoms with E-state index < -0.39 is 0 Å². The number of ether oxygens (including phenoxy) is 1. The Hall–Kier alpha value is -0.540. The quantitative estimate of drug-likeness (QED) is 0.921. The van der Waals surface area contributed by atoms with Crippen molar-refractivity contribution in [1.82, 2.24) is 5.32 Å². The van der Waals surface area contributed by atoms with Crippen molar-refractivity contribution in [3.63, 3.8) is 0 Å². The molecule has 0 atom stereocenters. The molecule has 2 heterocycles. The van der Waals surface area contributed by atoms with Crippen LogP contribution >= 0.6 is 15.9 Å². The summed E-state index contributed by atoms with van der Waals surface area (Å²) in [6, 6.07) is 4.46. The normalized spacial score (nSPS) is 20.1. The van der Waals surface area contributed by atoms with Crippen molar-refractivity contribution in [3.8, 4) is 5.75 Å². The van der Waals surface area contributed by atoms with Gasteiger partial charge < -0.3 is 10.1 Å². The first-order valence-electron chi connectivity index (χ1n) is 6.87. The van der Waals surface area contributed by atoms with Gasteiger partial charge in [0.25, 0.3) is 0 Å². The van der Waals surface area contributed by atoms with E-state index in [9.17, 15) is 0 Å². The van der Waals surface area contributed by atoms with E-state index in [1.54, 1.807) is 0 Å². The molecule has 3 rings (SSSR count). The molecule has 1 fully saturated rings. The van der Waals surface area contributed by atoms with Crippen LogP contribution in [0.25, 0.3) is 0 Å². The monoisotopic (exact) mass is 309 g/mol. The van der Waals surface area contributed by atoms with Crippen LogP contribution in [-0.2, 0) is 12.8 Å². The standard InChI is InChI=1S/C15H20BrNO/c1-2-4-15(9-17-10-15)8-12-7-13(16)6-11-3-5-18-14(11)12/h6-7,17H,2-5,8-10H2,1H3. The van der Waals surface area contributed by atoms with Gasteiger partial charge in [-0.05, 0) is 41.5 Å². The van der Waals surface area contributed by atoms with Crippen molar-refractivity contribution in [2.24, 2.45) is 5.41 Å². The molecule has 98 valence electrons. The molecule has 0 saturated carbocycles. The number of halogens is 1. The summed E-state index contributed by atoms with van der Waals surface area (Å²) >= 11 is 3.63. The van der Waals surface area contributed by atoms with Crippen LogP contribution in [0.3, 0.4) is 0 Å². The first-order valence-corrected chi connectivity index (χ1v) is 7.67. The summed E-state index contributed by atoms with van der Waals surface area (Å²) in [5.74, 6) is 1.17. The van der Waals surface area contributed by atoms with Gasteiger partial charge in [-0.1, -0.05) is 29.3 Å². The highest BCUT2D eigenvalue weighted by Gasteiger charge is 2.37. The predicted octanol–water partition coefficient (Wildman–Crippen LogP) is 3.32. The second kappa shape index (κ2) is 4.86. The summed E-state index contributed by atoms with van der Waals surface area (Å²) in [4.78, 5) is 0. The first-order chi connectivity index (χ1) is 8.72. The van der Waals surface area contributed by atoms with Gasteiger partial charge in [0, 0.05) is 24.0 Å². The van der Waals surface area contributed by atoms with Gasteiger partial charge in [0.1, 0.15) is 5.75 Å². The maximum Gasteiger partial charge on any atom is 0.125 e. The second-order valence-electron chi connectivity index (χ2n) is 5.68. The molecule has 0 aromatic heterocycles. The molecule has 1 N–H and O–H groups in total. The van der Waals surface area contributed by atoms with Crippen LogP contribution in [0.15, 0.2) is 16.6 Å². The average Bonchev–Trinajstić information content (AvgIpc) is 2.74. The van der Waals surface area contributed by atoms with E-state index in [1.807, 2.05) is 0 Å². The van der Waals surface area contributed by atoms with E-state index in [0.29, 0.717) is 5.41 Å². The van der Waals surface area contributed by atoms with Crippen LogP contribution in [0.1, 0.15) is 30.9 Å². The van der Waals surface area contributed by atoms with Crippen molar-refractivity contribution in [2.45, 2.75) is 32.6 Å². The Labute approximate surface area is 117 Å². The molecule has 1 aromatic rings. The molecular weight excluding hydrogens is 290 g/mol. The molecule has 0 unspecified atom stereocenters. The Morgan fingerprint density at radius 3 is 2.89 bits per heavy atom. The van der Waals surface area contributed by atoms with Gasteiger partial charge in [-0.3, -0.25) is 0 Å². The van der Waals surface area contributed by atoms with Gasteiger partial charge in [0.15, 0.2) is 0 Å². The van der Waals surface area contributed by atoms with Gasteiger partial charge in [-0.15, -0.1) is 0 Å². The second-order valence-corrected chi connectivity index (χ2v) is 6.60. The Morgan fingerprint density at radius 2 is 2.22 bits per heavy atom. The number of hydrogen-bond donors (Lipinski definition) is 1. The SMILES string of the molecule is CCCC1(Cc2cc(Br)cc3c2OCC3)CNC1. The first kappa shape index (κ1) is 12.5. The topological polar surface area (TPSA) is 21.3 Å². The number of nitrogens with one attached hydrogen (secondary N) is 1. The number of fused-ring (bicyclic) bond motifs is 1. The zero-order valence-corrected chi connectivity index (χ0v) is 12.5. The van der Waals surface area contributed by atoms with Gasteiger partial charge in [-0.2, -0.15) is 0 Å². The summed E-state index contributed by atoms with van der Waals surface area (Å²) in [5, 5.41) is 3.44. The minimum Gasteiger partial charge on any atom is -0.493 e. The van der Waals surface area contributed by atoms with Crippen LogP contribution < -0.4 is 10.1 Å². The zero-order valence-electron chi connectivity index (χ0n) is 10.9. The molecule has 2 aliphatic rings. The van der Waals surface area contributed by atoms with E-state index in [1.165, 1.54) is 34.2 Å². The lowest BCUT2D eigenvalue weighted by Crippen LogP contribution is -2.54. The van der Waals surface area contributed by atoms with E-state index in [2.05, 4.69) is 40.3 Å². The molecule has 0 aliphatic carbocycles. The lowest BCUT2D eigenvalue weighted by atomic mass is 9.73. The molecule has 0 bridgehead atoms. The van der Waals surface area contributed by atoms with Gasteiger partial charge in [0.05, 0.1) is 6.61 Å². The third-order valence-corrected chi connectivity index (χ3v) is 4.63. The van der Waals surface area contributed by atoms with Crippen LogP contribution in [0.2, 0.25) is 0 Å². The molecule has 2 nitrogen and oxygen atoms in total. The Bertz CT molecular complexity index is 454. The van der Waals surface area contributed by atoms with E-state index in [-0.39, 0.29) is 0 Å². The van der Waals surface area contributed by atoms with Gasteiger partial charge in [0.2, 0.25) is 0 Å². The molecule has 18 heavy (non-hydrogen) atoms. The maximum absolute atomic E-state index is 5.84. The lowest BCUT2D eigenvalue weighted by molar-refractivity contribution is 0.149. The molecule has 0 radical (unpaired) electrons. The van der Waals surface area contributed by atoms with Crippen LogP contribution in [0, 0.1) is 5.41 Å². The third kappa shape index (κ3) is 2.19. The molecule has 2 aliphatic heterocycles. The number of rotatable bonds is 4. The summed E-state index contributed by atoms with van der Waals surface area (Å²) in [6.07, 6.45) is 4.77. The predicted molar refractivity (Wildman–Crippen MR) is 77.3 cm³/mol. The summed E-state index contributed by atoms with van der Waals surface area (Å²) in [5.41, 5.74) is 3.24. The third-order valence-electron chi connectivity index (χ3n) is 4.17. The van der Waals surface area contributed by atoms with E-state index in [4.69, 9.17) is 4.74 Å². The zero-order chi connectivity index (χ0) is 12.6. The van der Waals surface area contributed by atoms with Crippen molar-refractivity contribution >= 4 is 15.9 Å². The van der Waals surface area contributed by atoms with Crippen molar-refractivity contribution < 1.29 is 4.74 Å². The number of hydrogen-bond acceptors (Lipinski definition) is 2. The summed E-state index contributed by atoms with van der Waals surface area (Å²) in [7, 11) is 0. The largest absolute Gasteiger partial charge is 0.493 e. The molecule has 3 heteroatoms. The van der Waals surface area contributed by atoms with E-state index in [0.717, 1.165) is 32.5 Å². The van der Waals surface area contributed by atoms with Crippen molar-refractivity contribution in [1.29, 1.82) is 0 Å². The Kier molecular flexibility index (Phi) is 3.37. The lowest BCUT2D eigenvalue weighted by Gasteiger charge is -2.43. The fraction of sp³-hybridized carbons (Fsp3) is 0.600. The van der Waals surface area contributed by atoms with E-state index >= 15 is 0 Å². The van der Waals surface area contributed by atoms with Crippen molar-refractivity contribution in [3.05, 3.63) is 27.7 Å². The number of benzene rings is 1. The van der Waals surface area contributed by atoms with Crippen molar-refractivity contribution in [2.75, 3.05) is 19.7 Å². The fourth-order valence-electron chi connectivity index (χ4n) is 3.28. The highest BCUT2D eigenvalue weighted by Crippen LogP contribution is 2.40. The Morgan fingerprint density at radius 1 is 1.39 bits per heavy atom. The molecule has 0 amide bonds. The smallest absolute Gasteiger partial charge is 0.125 e. The highest BCUT2D eigenvalue weighted by molar-refractivity contribution is 9.10. The maximum atomic E-state index is 5.84. The molecular formula is C15H20BrNO. The van der Waals surface area contributed by atoms with Crippen LogP contribution in [-0.4, -0.2) is 19.7 Å². The van der Waals surface area contributed by atoms with Crippen LogP contribution in [0.4, 0.5) is 0 Å². The van der Waals surface area contributed by atoms with Gasteiger partial charge in [-0.25, -0.2) is 0 Å².